The third-order valence-electron chi connectivity index (χ3n) is 4.63. The van der Waals surface area contributed by atoms with Crippen LogP contribution in [-0.2, 0) is 16.0 Å². The van der Waals surface area contributed by atoms with Gasteiger partial charge in [0.1, 0.15) is 0 Å². The summed E-state index contributed by atoms with van der Waals surface area (Å²) in [7, 11) is 0. The van der Waals surface area contributed by atoms with E-state index in [1.807, 2.05) is 24.4 Å². The molecule has 0 aliphatic carbocycles. The van der Waals surface area contributed by atoms with Crippen LogP contribution in [0.1, 0.15) is 18.4 Å². The van der Waals surface area contributed by atoms with Crippen LogP contribution in [0.4, 0.5) is 0 Å². The van der Waals surface area contributed by atoms with Gasteiger partial charge in [-0.15, -0.1) is 0 Å². The van der Waals surface area contributed by atoms with Gasteiger partial charge in [0.05, 0.1) is 13.0 Å². The summed E-state index contributed by atoms with van der Waals surface area (Å²) in [6, 6.07) is 5.59. The van der Waals surface area contributed by atoms with Crippen molar-refractivity contribution in [2.24, 2.45) is 5.41 Å². The van der Waals surface area contributed by atoms with Crippen LogP contribution in [0.25, 0.3) is 10.9 Å². The summed E-state index contributed by atoms with van der Waals surface area (Å²) >= 11 is 6.03. The van der Waals surface area contributed by atoms with E-state index in [1.165, 1.54) is 0 Å². The Bertz CT molecular complexity index is 692. The summed E-state index contributed by atoms with van der Waals surface area (Å²) in [6.45, 7) is 1.82. The molecule has 1 aliphatic heterocycles. The summed E-state index contributed by atoms with van der Waals surface area (Å²) in [5, 5.41) is 14.2. The van der Waals surface area contributed by atoms with Gasteiger partial charge in [-0.2, -0.15) is 0 Å². The maximum Gasteiger partial charge on any atom is 0.224 e. The lowest BCUT2D eigenvalue weighted by atomic mass is 9.81. The second-order valence-corrected chi connectivity index (χ2v) is 6.66. The number of ether oxygens (including phenoxy) is 1. The zero-order chi connectivity index (χ0) is 16.3. The Morgan fingerprint density at radius 1 is 1.39 bits per heavy atom. The minimum Gasteiger partial charge on any atom is -0.396 e. The Labute approximate surface area is 140 Å². The molecule has 0 radical (unpaired) electrons. The van der Waals surface area contributed by atoms with E-state index in [2.05, 4.69) is 10.3 Å². The quantitative estimate of drug-likeness (QED) is 0.784. The molecule has 3 rings (SSSR count). The number of amides is 1. The number of aromatic amines is 1. The summed E-state index contributed by atoms with van der Waals surface area (Å²) in [6.07, 6.45) is 3.67. The topological polar surface area (TPSA) is 74.4 Å². The van der Waals surface area contributed by atoms with E-state index in [-0.39, 0.29) is 17.9 Å². The van der Waals surface area contributed by atoms with Gasteiger partial charge in [-0.3, -0.25) is 4.79 Å². The molecule has 0 spiro atoms. The second-order valence-electron chi connectivity index (χ2n) is 6.23. The standard InChI is InChI=1S/C17H21ClN2O3/c18-13-1-2-15-14(8-13)12(9-19-15)7-16(22)20-10-17(11-21)3-5-23-6-4-17/h1-2,8-9,19,21H,3-7,10-11H2,(H,20,22). The van der Waals surface area contributed by atoms with Crippen LogP contribution in [0.5, 0.6) is 0 Å². The average molecular weight is 337 g/mol. The van der Waals surface area contributed by atoms with Gasteiger partial charge < -0.3 is 20.1 Å². The molecule has 6 heteroatoms. The maximum absolute atomic E-state index is 12.3. The number of rotatable bonds is 5. The monoisotopic (exact) mass is 336 g/mol. The molecule has 1 saturated heterocycles. The molecule has 0 atom stereocenters. The van der Waals surface area contributed by atoms with E-state index in [0.717, 1.165) is 29.3 Å². The lowest BCUT2D eigenvalue weighted by Crippen LogP contribution is -2.44. The number of nitrogens with one attached hydrogen (secondary N) is 2. The molecular formula is C17H21ClN2O3. The van der Waals surface area contributed by atoms with Crippen LogP contribution >= 0.6 is 11.6 Å². The molecule has 5 nitrogen and oxygen atoms in total. The number of aliphatic hydroxyl groups is 1. The molecule has 0 bridgehead atoms. The number of H-pyrrole nitrogens is 1. The van der Waals surface area contributed by atoms with Crippen molar-refractivity contribution in [1.29, 1.82) is 0 Å². The predicted octanol–water partition coefficient (Wildman–Crippen LogP) is 2.27. The van der Waals surface area contributed by atoms with E-state index < -0.39 is 0 Å². The normalized spacial score (nSPS) is 17.3. The molecule has 1 fully saturated rings. The Morgan fingerprint density at radius 3 is 2.91 bits per heavy atom. The largest absolute Gasteiger partial charge is 0.396 e. The van der Waals surface area contributed by atoms with Gasteiger partial charge in [-0.05, 0) is 36.6 Å². The molecule has 1 aromatic heterocycles. The summed E-state index contributed by atoms with van der Waals surface area (Å²) in [4.78, 5) is 15.4. The Hall–Kier alpha value is -1.56. The van der Waals surface area contributed by atoms with Crippen LogP contribution in [0.3, 0.4) is 0 Å². The molecule has 1 aliphatic rings. The molecule has 0 unspecified atom stereocenters. The maximum atomic E-state index is 12.3. The number of fused-ring (bicyclic) bond motifs is 1. The van der Waals surface area contributed by atoms with Crippen LogP contribution in [0.2, 0.25) is 5.02 Å². The fraction of sp³-hybridized carbons (Fsp3) is 0.471. The molecule has 1 aromatic carbocycles. The van der Waals surface area contributed by atoms with Crippen molar-refractivity contribution in [3.8, 4) is 0 Å². The lowest BCUT2D eigenvalue weighted by molar-refractivity contribution is -0.121. The molecule has 3 N–H and O–H groups in total. The zero-order valence-corrected chi connectivity index (χ0v) is 13.7. The molecule has 23 heavy (non-hydrogen) atoms. The van der Waals surface area contributed by atoms with Gasteiger partial charge in [0.25, 0.3) is 0 Å². The second kappa shape index (κ2) is 6.91. The highest BCUT2D eigenvalue weighted by Crippen LogP contribution is 2.29. The van der Waals surface area contributed by atoms with Crippen molar-refractivity contribution >= 4 is 28.4 Å². The van der Waals surface area contributed by atoms with Crippen molar-refractivity contribution in [3.05, 3.63) is 35.0 Å². The highest BCUT2D eigenvalue weighted by atomic mass is 35.5. The first kappa shape index (κ1) is 16.3. The molecular weight excluding hydrogens is 316 g/mol. The van der Waals surface area contributed by atoms with Gasteiger partial charge in [0.15, 0.2) is 0 Å². The van der Waals surface area contributed by atoms with Crippen LogP contribution in [0.15, 0.2) is 24.4 Å². The SMILES string of the molecule is O=C(Cc1c[nH]c2ccc(Cl)cc12)NCC1(CO)CCOCC1. The van der Waals surface area contributed by atoms with Crippen LogP contribution in [0, 0.1) is 5.41 Å². The fourth-order valence-corrected chi connectivity index (χ4v) is 3.19. The third kappa shape index (κ3) is 3.68. The van der Waals surface area contributed by atoms with Gasteiger partial charge >= 0.3 is 0 Å². The average Bonchev–Trinajstić information content (AvgIpc) is 2.96. The van der Waals surface area contributed by atoms with Crippen LogP contribution < -0.4 is 5.32 Å². The minimum atomic E-state index is -0.253. The number of hydrogen-bond acceptors (Lipinski definition) is 3. The van der Waals surface area contributed by atoms with E-state index in [1.54, 1.807) is 0 Å². The van der Waals surface area contributed by atoms with Gasteiger partial charge in [0, 0.05) is 47.3 Å². The van der Waals surface area contributed by atoms with Crippen molar-refractivity contribution in [3.63, 3.8) is 0 Å². The van der Waals surface area contributed by atoms with E-state index in [0.29, 0.717) is 31.2 Å². The number of benzene rings is 1. The number of hydrogen-bond donors (Lipinski definition) is 3. The summed E-state index contributed by atoms with van der Waals surface area (Å²) < 4.78 is 5.34. The molecule has 2 aromatic rings. The minimum absolute atomic E-state index is 0.0507. The number of halogens is 1. The first-order chi connectivity index (χ1) is 11.1. The first-order valence-corrected chi connectivity index (χ1v) is 8.20. The van der Waals surface area contributed by atoms with Gasteiger partial charge in [0.2, 0.25) is 5.91 Å². The smallest absolute Gasteiger partial charge is 0.224 e. The number of carbonyl (C=O) groups excluding carboxylic acids is 1. The Morgan fingerprint density at radius 2 is 2.17 bits per heavy atom. The molecule has 2 heterocycles. The first-order valence-electron chi connectivity index (χ1n) is 7.83. The van der Waals surface area contributed by atoms with Crippen molar-refractivity contribution in [1.82, 2.24) is 10.3 Å². The number of aliphatic hydroxyl groups excluding tert-OH is 1. The third-order valence-corrected chi connectivity index (χ3v) is 4.87. The lowest BCUT2D eigenvalue weighted by Gasteiger charge is -2.35. The highest BCUT2D eigenvalue weighted by molar-refractivity contribution is 6.31. The van der Waals surface area contributed by atoms with Gasteiger partial charge in [-0.1, -0.05) is 11.6 Å². The predicted molar refractivity (Wildman–Crippen MR) is 89.6 cm³/mol. The van der Waals surface area contributed by atoms with Gasteiger partial charge in [-0.25, -0.2) is 0 Å². The summed E-state index contributed by atoms with van der Waals surface area (Å²) in [5.74, 6) is -0.0507. The molecule has 1 amide bonds. The van der Waals surface area contributed by atoms with E-state index >= 15 is 0 Å². The number of carbonyl (C=O) groups is 1. The Kier molecular flexibility index (Phi) is 4.90. The zero-order valence-electron chi connectivity index (χ0n) is 12.9. The Balaban J connectivity index is 1.63. The highest BCUT2D eigenvalue weighted by Gasteiger charge is 2.32. The van der Waals surface area contributed by atoms with Crippen LogP contribution in [-0.4, -0.2) is 42.4 Å². The van der Waals surface area contributed by atoms with Crippen molar-refractivity contribution in [2.75, 3.05) is 26.4 Å². The van der Waals surface area contributed by atoms with Crippen molar-refractivity contribution in [2.45, 2.75) is 19.3 Å². The fourth-order valence-electron chi connectivity index (χ4n) is 3.01. The molecule has 0 saturated carbocycles. The summed E-state index contributed by atoms with van der Waals surface area (Å²) in [5.41, 5.74) is 1.63. The molecule has 124 valence electrons. The number of aromatic nitrogens is 1. The van der Waals surface area contributed by atoms with E-state index in [4.69, 9.17) is 16.3 Å². The van der Waals surface area contributed by atoms with Crippen molar-refractivity contribution < 1.29 is 14.6 Å². The van der Waals surface area contributed by atoms with E-state index in [9.17, 15) is 9.90 Å².